The zero-order valence-corrected chi connectivity index (χ0v) is 37.8. The molecule has 0 heterocycles. The Morgan fingerprint density at radius 2 is 0.929 bits per heavy atom. The summed E-state index contributed by atoms with van der Waals surface area (Å²) in [4.78, 5) is 22.8. The highest BCUT2D eigenvalue weighted by molar-refractivity contribution is 7.47. The molecule has 3 atom stereocenters. The molecule has 0 aromatic heterocycles. The van der Waals surface area contributed by atoms with Gasteiger partial charge in [0.2, 0.25) is 5.91 Å². The molecule has 0 aliphatic heterocycles. The number of hydrogen-bond acceptors (Lipinski definition) is 6. The number of phosphoric acid groups is 1. The first-order valence-corrected chi connectivity index (χ1v) is 25.5. The average Bonchev–Trinajstić information content (AvgIpc) is 3.19. The van der Waals surface area contributed by atoms with E-state index in [1.165, 1.54) is 180 Å². The van der Waals surface area contributed by atoms with Crippen LogP contribution < -0.4 is 11.1 Å². The Labute approximate surface area is 347 Å². The van der Waals surface area contributed by atoms with Crippen LogP contribution >= 0.6 is 7.82 Å². The highest BCUT2D eigenvalue weighted by Gasteiger charge is 2.26. The summed E-state index contributed by atoms with van der Waals surface area (Å²) in [5.74, 6) is -0.194. The maximum Gasteiger partial charge on any atom is 0.472 e. The smallest absolute Gasteiger partial charge is 0.387 e. The van der Waals surface area contributed by atoms with E-state index in [0.717, 1.165) is 38.5 Å². The molecule has 0 fully saturated rings. The molecule has 0 spiro atoms. The Bertz CT molecular complexity index is 932. The number of hydrogen-bond donors (Lipinski definition) is 4. The minimum absolute atomic E-state index is 0.0794. The third-order valence-electron chi connectivity index (χ3n) is 10.8. The summed E-state index contributed by atoms with van der Waals surface area (Å²) in [5.41, 5.74) is 5.38. The molecule has 0 rings (SSSR count). The average molecular weight is 813 g/mol. The van der Waals surface area contributed by atoms with E-state index in [1.807, 2.05) is 6.08 Å². The van der Waals surface area contributed by atoms with Crippen molar-refractivity contribution in [2.24, 2.45) is 5.73 Å². The molecule has 0 aromatic carbocycles. The molecule has 332 valence electrons. The summed E-state index contributed by atoms with van der Waals surface area (Å²) >= 11 is 0. The molecule has 0 aliphatic rings. The van der Waals surface area contributed by atoms with E-state index < -0.39 is 20.0 Å². The van der Waals surface area contributed by atoms with Gasteiger partial charge in [-0.2, -0.15) is 0 Å². The molecule has 0 aromatic rings. The minimum atomic E-state index is -4.34. The monoisotopic (exact) mass is 813 g/mol. The van der Waals surface area contributed by atoms with Crippen molar-refractivity contribution in [1.82, 2.24) is 5.32 Å². The van der Waals surface area contributed by atoms with Gasteiger partial charge in [0.15, 0.2) is 0 Å². The van der Waals surface area contributed by atoms with Gasteiger partial charge >= 0.3 is 7.82 Å². The summed E-state index contributed by atoms with van der Waals surface area (Å²) in [7, 11) is -4.34. The maximum atomic E-state index is 12.8. The Morgan fingerprint density at radius 3 is 1.32 bits per heavy atom. The maximum absolute atomic E-state index is 12.8. The Kier molecular flexibility index (Phi) is 42.8. The molecule has 0 aliphatic carbocycles. The molecular formula is C47H93N2O6P. The van der Waals surface area contributed by atoms with E-state index in [-0.39, 0.29) is 25.7 Å². The van der Waals surface area contributed by atoms with Crippen LogP contribution in [0.5, 0.6) is 0 Å². The lowest BCUT2D eigenvalue weighted by atomic mass is 10.0. The Hall–Kier alpha value is -1.02. The number of carbonyl (C=O) groups is 1. The summed E-state index contributed by atoms with van der Waals surface area (Å²) in [6, 6.07) is -0.859. The number of nitrogens with one attached hydrogen (secondary N) is 1. The minimum Gasteiger partial charge on any atom is -0.387 e. The van der Waals surface area contributed by atoms with Gasteiger partial charge in [0.25, 0.3) is 0 Å². The van der Waals surface area contributed by atoms with Crippen molar-refractivity contribution in [3.05, 3.63) is 24.3 Å². The summed E-state index contributed by atoms with van der Waals surface area (Å²) < 4.78 is 22.2. The number of amides is 1. The van der Waals surface area contributed by atoms with E-state index in [1.54, 1.807) is 6.08 Å². The van der Waals surface area contributed by atoms with E-state index in [2.05, 4.69) is 31.3 Å². The molecular weight excluding hydrogens is 719 g/mol. The van der Waals surface area contributed by atoms with E-state index in [4.69, 9.17) is 14.8 Å². The number of aliphatic hydroxyl groups excluding tert-OH is 1. The fourth-order valence-electron chi connectivity index (χ4n) is 7.13. The van der Waals surface area contributed by atoms with Crippen LogP contribution in [0.2, 0.25) is 0 Å². The quantitative estimate of drug-likeness (QED) is 0.0273. The topological polar surface area (TPSA) is 131 Å². The predicted octanol–water partition coefficient (Wildman–Crippen LogP) is 13.7. The number of phosphoric ester groups is 1. The summed E-state index contributed by atoms with van der Waals surface area (Å²) in [6.07, 6.45) is 50.8. The molecule has 0 saturated heterocycles. The van der Waals surface area contributed by atoms with E-state index in [0.29, 0.717) is 6.42 Å². The van der Waals surface area contributed by atoms with Gasteiger partial charge in [-0.25, -0.2) is 4.57 Å². The third-order valence-corrected chi connectivity index (χ3v) is 11.8. The van der Waals surface area contributed by atoms with E-state index in [9.17, 15) is 19.4 Å². The summed E-state index contributed by atoms with van der Waals surface area (Å²) in [5, 5.41) is 13.7. The standard InChI is InChI=1S/C47H93N2O6P/c1-3-5-7-9-11-13-15-17-19-21-23-25-27-29-31-33-35-37-39-41-47(51)49-45(44-55-56(52,53)54-43-42-48)46(50)40-38-36-34-32-30-28-26-24-22-20-18-16-14-12-10-8-6-4-2/h17,19,38,40,45-46,50H,3-16,18,20-37,39,41-44,48H2,1-2H3,(H,49,51)(H,52,53)/b19-17-,40-38+. The molecule has 0 saturated carbocycles. The van der Waals surface area contributed by atoms with Crippen LogP contribution in [0.3, 0.4) is 0 Å². The van der Waals surface area contributed by atoms with E-state index >= 15 is 0 Å². The van der Waals surface area contributed by atoms with Crippen molar-refractivity contribution < 1.29 is 28.4 Å². The van der Waals surface area contributed by atoms with Crippen LogP contribution in [-0.4, -0.2) is 47.8 Å². The number of allylic oxidation sites excluding steroid dienone is 3. The lowest BCUT2D eigenvalue weighted by Gasteiger charge is -2.23. The highest BCUT2D eigenvalue weighted by atomic mass is 31.2. The molecule has 3 unspecified atom stereocenters. The second-order valence-electron chi connectivity index (χ2n) is 16.3. The van der Waals surface area contributed by atoms with Crippen molar-refractivity contribution >= 4 is 13.7 Å². The predicted molar refractivity (Wildman–Crippen MR) is 240 cm³/mol. The molecule has 0 radical (unpaired) electrons. The van der Waals surface area contributed by atoms with Gasteiger partial charge in [0.05, 0.1) is 25.4 Å². The largest absolute Gasteiger partial charge is 0.472 e. The zero-order valence-electron chi connectivity index (χ0n) is 36.9. The Morgan fingerprint density at radius 1 is 0.571 bits per heavy atom. The van der Waals surface area contributed by atoms with Crippen LogP contribution in [-0.2, 0) is 18.4 Å². The summed E-state index contributed by atoms with van der Waals surface area (Å²) in [6.45, 7) is 4.16. The van der Waals surface area contributed by atoms with Crippen LogP contribution in [0.25, 0.3) is 0 Å². The van der Waals surface area contributed by atoms with Crippen molar-refractivity contribution in [1.29, 1.82) is 0 Å². The molecule has 1 amide bonds. The van der Waals surface area contributed by atoms with Gasteiger partial charge in [-0.15, -0.1) is 0 Å². The number of rotatable bonds is 45. The lowest BCUT2D eigenvalue weighted by Crippen LogP contribution is -2.45. The van der Waals surface area contributed by atoms with Crippen molar-refractivity contribution in [3.63, 3.8) is 0 Å². The normalized spacial score (nSPS) is 14.2. The number of carbonyl (C=O) groups excluding carboxylic acids is 1. The van der Waals surface area contributed by atoms with Gasteiger partial charge in [-0.1, -0.05) is 212 Å². The number of nitrogens with two attached hydrogens (primary N) is 1. The zero-order chi connectivity index (χ0) is 41.1. The molecule has 9 heteroatoms. The lowest BCUT2D eigenvalue weighted by molar-refractivity contribution is -0.123. The van der Waals surface area contributed by atoms with Crippen LogP contribution in [0.1, 0.15) is 239 Å². The molecule has 5 N–H and O–H groups in total. The van der Waals surface area contributed by atoms with Gasteiger partial charge in [0.1, 0.15) is 0 Å². The SMILES string of the molecule is CCCCCCCC/C=C\CCCCCCCCCCCC(=O)NC(COP(=O)(O)OCCN)C(O)/C=C/CCCCCCCCCCCCCCCCCC. The molecule has 56 heavy (non-hydrogen) atoms. The van der Waals surface area contributed by atoms with Gasteiger partial charge in [-0.05, 0) is 44.9 Å². The molecule has 8 nitrogen and oxygen atoms in total. The van der Waals surface area contributed by atoms with Crippen molar-refractivity contribution in [3.8, 4) is 0 Å². The van der Waals surface area contributed by atoms with Crippen molar-refractivity contribution in [2.45, 2.75) is 251 Å². The Balaban J connectivity index is 4.14. The van der Waals surface area contributed by atoms with Crippen LogP contribution in [0.4, 0.5) is 0 Å². The third kappa shape index (κ3) is 41.2. The van der Waals surface area contributed by atoms with Gasteiger partial charge in [-0.3, -0.25) is 13.8 Å². The van der Waals surface area contributed by atoms with Crippen LogP contribution in [0.15, 0.2) is 24.3 Å². The fourth-order valence-corrected chi connectivity index (χ4v) is 7.89. The number of aliphatic hydroxyl groups is 1. The second-order valence-corrected chi connectivity index (χ2v) is 17.8. The first-order chi connectivity index (χ1) is 27.4. The van der Waals surface area contributed by atoms with Gasteiger partial charge < -0.3 is 21.1 Å². The number of unbranched alkanes of at least 4 members (excludes halogenated alkanes) is 31. The van der Waals surface area contributed by atoms with Crippen molar-refractivity contribution in [2.75, 3.05) is 19.8 Å². The molecule has 0 bridgehead atoms. The highest BCUT2D eigenvalue weighted by Crippen LogP contribution is 2.43. The first-order valence-electron chi connectivity index (χ1n) is 24.0. The fraction of sp³-hybridized carbons (Fsp3) is 0.894. The first kappa shape index (κ1) is 55.0. The van der Waals surface area contributed by atoms with Crippen LogP contribution in [0, 0.1) is 0 Å². The second kappa shape index (κ2) is 43.6. The van der Waals surface area contributed by atoms with Gasteiger partial charge in [0, 0.05) is 13.0 Å².